The number of hydrogen-bond acceptors (Lipinski definition) is 3. The van der Waals surface area contributed by atoms with Gasteiger partial charge in [0.15, 0.2) is 5.78 Å². The van der Waals surface area contributed by atoms with E-state index in [1.54, 1.807) is 21.0 Å². The maximum absolute atomic E-state index is 11.8. The standard InChI is InChI=1S/C14H17NO2/c1-14(2,10-15)13(16)9-8-11-6-4-5-7-12(11)17-3/h4-7H,8-9H2,1-3H3. The van der Waals surface area contributed by atoms with Gasteiger partial charge in [0.2, 0.25) is 0 Å². The van der Waals surface area contributed by atoms with E-state index < -0.39 is 5.41 Å². The first-order valence-corrected chi connectivity index (χ1v) is 5.57. The van der Waals surface area contributed by atoms with E-state index in [0.29, 0.717) is 12.8 Å². The summed E-state index contributed by atoms with van der Waals surface area (Å²) in [5.74, 6) is 0.751. The third-order valence-electron chi connectivity index (χ3n) is 2.79. The van der Waals surface area contributed by atoms with Crippen molar-refractivity contribution in [1.29, 1.82) is 5.26 Å². The maximum Gasteiger partial charge on any atom is 0.152 e. The predicted molar refractivity (Wildman–Crippen MR) is 65.7 cm³/mol. The van der Waals surface area contributed by atoms with Gasteiger partial charge in [-0.15, -0.1) is 0 Å². The lowest BCUT2D eigenvalue weighted by Crippen LogP contribution is -2.22. The summed E-state index contributed by atoms with van der Waals surface area (Å²) >= 11 is 0. The van der Waals surface area contributed by atoms with Gasteiger partial charge in [0.25, 0.3) is 0 Å². The molecule has 1 aromatic carbocycles. The number of ketones is 1. The number of aryl methyl sites for hydroxylation is 1. The number of benzene rings is 1. The van der Waals surface area contributed by atoms with E-state index >= 15 is 0 Å². The topological polar surface area (TPSA) is 50.1 Å². The van der Waals surface area contributed by atoms with Gasteiger partial charge in [0.05, 0.1) is 13.2 Å². The molecular formula is C14H17NO2. The summed E-state index contributed by atoms with van der Waals surface area (Å²) in [6.45, 7) is 3.30. The number of carbonyl (C=O) groups is 1. The molecule has 0 radical (unpaired) electrons. The molecule has 0 fully saturated rings. The summed E-state index contributed by atoms with van der Waals surface area (Å²) in [7, 11) is 1.61. The summed E-state index contributed by atoms with van der Waals surface area (Å²) in [6, 6.07) is 9.64. The molecule has 0 N–H and O–H groups in total. The van der Waals surface area contributed by atoms with Crippen molar-refractivity contribution in [3.63, 3.8) is 0 Å². The molecule has 0 amide bonds. The Morgan fingerprint density at radius 2 is 2.06 bits per heavy atom. The first-order valence-electron chi connectivity index (χ1n) is 5.57. The molecule has 0 atom stereocenters. The van der Waals surface area contributed by atoms with Crippen LogP contribution in [-0.2, 0) is 11.2 Å². The zero-order valence-corrected chi connectivity index (χ0v) is 10.5. The molecule has 90 valence electrons. The van der Waals surface area contributed by atoms with Crippen LogP contribution >= 0.6 is 0 Å². The molecule has 0 aliphatic carbocycles. The largest absolute Gasteiger partial charge is 0.496 e. The minimum Gasteiger partial charge on any atom is -0.496 e. The SMILES string of the molecule is COc1ccccc1CCC(=O)C(C)(C)C#N. The Bertz CT molecular complexity index is 444. The monoisotopic (exact) mass is 231 g/mol. The van der Waals surface area contributed by atoms with Gasteiger partial charge in [-0.2, -0.15) is 5.26 Å². The Balaban J connectivity index is 2.69. The van der Waals surface area contributed by atoms with E-state index in [1.165, 1.54) is 0 Å². The second-order valence-electron chi connectivity index (χ2n) is 4.47. The van der Waals surface area contributed by atoms with Crippen molar-refractivity contribution in [2.24, 2.45) is 5.41 Å². The number of carbonyl (C=O) groups excluding carboxylic acids is 1. The van der Waals surface area contributed by atoms with E-state index in [9.17, 15) is 4.79 Å². The molecule has 1 rings (SSSR count). The average Bonchev–Trinajstić information content (AvgIpc) is 2.36. The van der Waals surface area contributed by atoms with Crippen LogP contribution in [0.25, 0.3) is 0 Å². The highest BCUT2D eigenvalue weighted by Gasteiger charge is 2.26. The molecule has 3 nitrogen and oxygen atoms in total. The first-order chi connectivity index (χ1) is 8.01. The number of nitrogens with zero attached hydrogens (tertiary/aromatic N) is 1. The van der Waals surface area contributed by atoms with E-state index in [1.807, 2.05) is 30.3 Å². The predicted octanol–water partition coefficient (Wildman–Crippen LogP) is 2.75. The highest BCUT2D eigenvalue weighted by molar-refractivity contribution is 5.86. The summed E-state index contributed by atoms with van der Waals surface area (Å²) in [6.07, 6.45) is 0.967. The Morgan fingerprint density at radius 3 is 2.65 bits per heavy atom. The molecule has 0 aliphatic heterocycles. The van der Waals surface area contributed by atoms with Crippen molar-refractivity contribution in [1.82, 2.24) is 0 Å². The average molecular weight is 231 g/mol. The second-order valence-corrected chi connectivity index (χ2v) is 4.47. The van der Waals surface area contributed by atoms with Gasteiger partial charge in [-0.05, 0) is 31.9 Å². The number of methoxy groups -OCH3 is 1. The smallest absolute Gasteiger partial charge is 0.152 e. The van der Waals surface area contributed by atoms with Crippen LogP contribution in [0.15, 0.2) is 24.3 Å². The van der Waals surface area contributed by atoms with Crippen LogP contribution in [0.5, 0.6) is 5.75 Å². The molecule has 0 aromatic heterocycles. The van der Waals surface area contributed by atoms with Crippen LogP contribution in [0.1, 0.15) is 25.8 Å². The molecular weight excluding hydrogens is 214 g/mol. The Kier molecular flexibility index (Phi) is 4.28. The molecule has 0 bridgehead atoms. The van der Waals surface area contributed by atoms with Gasteiger partial charge < -0.3 is 4.74 Å². The van der Waals surface area contributed by atoms with Crippen molar-refractivity contribution in [2.75, 3.05) is 7.11 Å². The highest BCUT2D eigenvalue weighted by Crippen LogP contribution is 2.22. The Labute approximate surface area is 102 Å². The van der Waals surface area contributed by atoms with Crippen molar-refractivity contribution in [3.8, 4) is 11.8 Å². The second kappa shape index (κ2) is 5.49. The minimum absolute atomic E-state index is 0.0362. The number of para-hydroxylation sites is 1. The lowest BCUT2D eigenvalue weighted by Gasteiger charge is -2.14. The fraction of sp³-hybridized carbons (Fsp3) is 0.429. The number of rotatable bonds is 5. The molecule has 3 heteroatoms. The van der Waals surface area contributed by atoms with E-state index in [2.05, 4.69) is 0 Å². The maximum atomic E-state index is 11.8. The third kappa shape index (κ3) is 3.32. The van der Waals surface area contributed by atoms with E-state index in [-0.39, 0.29) is 5.78 Å². The normalized spacial score (nSPS) is 10.7. The molecule has 0 saturated heterocycles. The quantitative estimate of drug-likeness (QED) is 0.782. The van der Waals surface area contributed by atoms with Gasteiger partial charge >= 0.3 is 0 Å². The zero-order chi connectivity index (χ0) is 12.9. The first kappa shape index (κ1) is 13.2. The summed E-state index contributed by atoms with van der Waals surface area (Å²) in [5.41, 5.74) is 0.0965. The van der Waals surface area contributed by atoms with Crippen LogP contribution in [0.4, 0.5) is 0 Å². The Morgan fingerprint density at radius 1 is 1.41 bits per heavy atom. The fourth-order valence-electron chi connectivity index (χ4n) is 1.53. The number of Topliss-reactive ketones (excluding diaryl/α,β-unsaturated/α-hetero) is 1. The number of nitriles is 1. The van der Waals surface area contributed by atoms with Crippen molar-refractivity contribution >= 4 is 5.78 Å². The minimum atomic E-state index is -0.901. The number of hydrogen-bond donors (Lipinski definition) is 0. The van der Waals surface area contributed by atoms with Crippen molar-refractivity contribution in [2.45, 2.75) is 26.7 Å². The van der Waals surface area contributed by atoms with Gasteiger partial charge in [-0.25, -0.2) is 0 Å². The Hall–Kier alpha value is -1.82. The molecule has 0 aliphatic rings. The molecule has 0 heterocycles. The van der Waals surface area contributed by atoms with Crippen LogP contribution in [0.3, 0.4) is 0 Å². The zero-order valence-electron chi connectivity index (χ0n) is 10.5. The van der Waals surface area contributed by atoms with Gasteiger partial charge in [-0.3, -0.25) is 4.79 Å². The fourth-order valence-corrected chi connectivity index (χ4v) is 1.53. The van der Waals surface area contributed by atoms with E-state index in [4.69, 9.17) is 10.00 Å². The lowest BCUT2D eigenvalue weighted by atomic mass is 9.87. The molecule has 0 spiro atoms. The van der Waals surface area contributed by atoms with Gasteiger partial charge in [0, 0.05) is 6.42 Å². The van der Waals surface area contributed by atoms with Gasteiger partial charge in [-0.1, -0.05) is 18.2 Å². The highest BCUT2D eigenvalue weighted by atomic mass is 16.5. The van der Waals surface area contributed by atoms with E-state index in [0.717, 1.165) is 11.3 Å². The van der Waals surface area contributed by atoms with Gasteiger partial charge in [0.1, 0.15) is 11.2 Å². The molecule has 17 heavy (non-hydrogen) atoms. The molecule has 0 unspecified atom stereocenters. The van der Waals surface area contributed by atoms with Crippen LogP contribution in [0.2, 0.25) is 0 Å². The third-order valence-corrected chi connectivity index (χ3v) is 2.79. The van der Waals surface area contributed by atoms with Crippen molar-refractivity contribution < 1.29 is 9.53 Å². The molecule has 0 saturated carbocycles. The van der Waals surface area contributed by atoms with Crippen LogP contribution in [-0.4, -0.2) is 12.9 Å². The summed E-state index contributed by atoms with van der Waals surface area (Å²) in [4.78, 5) is 11.8. The van der Waals surface area contributed by atoms with Crippen LogP contribution in [0, 0.1) is 16.7 Å². The molecule has 1 aromatic rings. The summed E-state index contributed by atoms with van der Waals surface area (Å²) < 4.78 is 5.21. The van der Waals surface area contributed by atoms with Crippen molar-refractivity contribution in [3.05, 3.63) is 29.8 Å². The number of ether oxygens (including phenoxy) is 1. The van der Waals surface area contributed by atoms with Crippen LogP contribution < -0.4 is 4.74 Å². The lowest BCUT2D eigenvalue weighted by molar-refractivity contribution is -0.124. The summed E-state index contributed by atoms with van der Waals surface area (Å²) in [5, 5.41) is 8.87.